The molecule has 1 fully saturated rings. The van der Waals surface area contributed by atoms with Crippen molar-refractivity contribution in [2.24, 2.45) is 0 Å². The molecule has 0 aliphatic carbocycles. The number of ether oxygens (including phenoxy) is 1. The van der Waals surface area contributed by atoms with E-state index in [1.54, 1.807) is 0 Å². The summed E-state index contributed by atoms with van der Waals surface area (Å²) in [6.07, 6.45) is 4.67. The van der Waals surface area contributed by atoms with E-state index in [-0.39, 0.29) is 12.0 Å². The first-order valence-electron chi connectivity index (χ1n) is 8.00. The monoisotopic (exact) mass is 290 g/mol. The summed E-state index contributed by atoms with van der Waals surface area (Å²) < 4.78 is 5.20. The molecule has 0 spiro atoms. The van der Waals surface area contributed by atoms with Crippen molar-refractivity contribution in [2.45, 2.75) is 38.6 Å². The Kier molecular flexibility index (Phi) is 6.54. The van der Waals surface area contributed by atoms with Gasteiger partial charge in [-0.2, -0.15) is 0 Å². The molecule has 0 saturated carbocycles. The molecule has 21 heavy (non-hydrogen) atoms. The number of benzene rings is 1. The molecule has 2 rings (SSSR count). The van der Waals surface area contributed by atoms with Crippen LogP contribution in [0.25, 0.3) is 0 Å². The fourth-order valence-electron chi connectivity index (χ4n) is 2.72. The van der Waals surface area contributed by atoms with Crippen molar-refractivity contribution < 1.29 is 9.53 Å². The highest BCUT2D eigenvalue weighted by molar-refractivity contribution is 5.79. The minimum Gasteiger partial charge on any atom is -0.464 e. The molecule has 0 bridgehead atoms. The first-order valence-corrected chi connectivity index (χ1v) is 8.00. The number of para-hydroxylation sites is 1. The molecular weight excluding hydrogens is 264 g/mol. The number of carbonyl (C=O) groups excluding carboxylic acids is 1. The van der Waals surface area contributed by atoms with Gasteiger partial charge in [0, 0.05) is 12.2 Å². The van der Waals surface area contributed by atoms with Gasteiger partial charge in [0.15, 0.2) is 0 Å². The van der Waals surface area contributed by atoms with Crippen LogP contribution in [0, 0.1) is 0 Å². The van der Waals surface area contributed by atoms with Gasteiger partial charge in [-0.05, 0) is 51.4 Å². The van der Waals surface area contributed by atoms with E-state index < -0.39 is 0 Å². The quantitative estimate of drug-likeness (QED) is 0.784. The summed E-state index contributed by atoms with van der Waals surface area (Å²) in [7, 11) is 0. The van der Waals surface area contributed by atoms with Crippen molar-refractivity contribution in [1.29, 1.82) is 0 Å². The Morgan fingerprint density at radius 2 is 1.95 bits per heavy atom. The molecule has 1 atom stereocenters. The van der Waals surface area contributed by atoms with Crippen LogP contribution >= 0.6 is 0 Å². The number of hydrogen-bond acceptors (Lipinski definition) is 4. The van der Waals surface area contributed by atoms with Crippen molar-refractivity contribution in [2.75, 3.05) is 31.6 Å². The zero-order chi connectivity index (χ0) is 14.9. The van der Waals surface area contributed by atoms with Gasteiger partial charge in [-0.1, -0.05) is 24.6 Å². The van der Waals surface area contributed by atoms with Crippen LogP contribution in [-0.2, 0) is 9.53 Å². The van der Waals surface area contributed by atoms with Gasteiger partial charge in [0.1, 0.15) is 6.04 Å². The number of piperidine rings is 1. The molecular formula is C17H26N2O2. The van der Waals surface area contributed by atoms with Crippen molar-refractivity contribution in [1.82, 2.24) is 4.90 Å². The molecule has 1 heterocycles. The van der Waals surface area contributed by atoms with Gasteiger partial charge in [0.05, 0.1) is 6.61 Å². The molecule has 1 unspecified atom stereocenters. The van der Waals surface area contributed by atoms with Gasteiger partial charge < -0.3 is 15.0 Å². The zero-order valence-electron chi connectivity index (χ0n) is 12.9. The van der Waals surface area contributed by atoms with Crippen LogP contribution in [0.15, 0.2) is 30.3 Å². The predicted octanol–water partition coefficient (Wildman–Crippen LogP) is 2.91. The predicted molar refractivity (Wildman–Crippen MR) is 85.4 cm³/mol. The first-order chi connectivity index (χ1) is 10.3. The summed E-state index contributed by atoms with van der Waals surface area (Å²) in [6.45, 7) is 5.53. The van der Waals surface area contributed by atoms with E-state index in [1.165, 1.54) is 19.3 Å². The summed E-state index contributed by atoms with van der Waals surface area (Å²) in [5.74, 6) is -0.154. The second-order valence-corrected chi connectivity index (χ2v) is 5.51. The Morgan fingerprint density at radius 1 is 1.24 bits per heavy atom. The first kappa shape index (κ1) is 15.8. The number of anilines is 1. The third-order valence-electron chi connectivity index (χ3n) is 3.87. The molecule has 1 aliphatic rings. The maximum atomic E-state index is 12.1. The van der Waals surface area contributed by atoms with Crippen molar-refractivity contribution in [3.63, 3.8) is 0 Å². The van der Waals surface area contributed by atoms with Crippen LogP contribution in [0.4, 0.5) is 5.69 Å². The average Bonchev–Trinajstić information content (AvgIpc) is 2.53. The van der Waals surface area contributed by atoms with Crippen LogP contribution in [0.5, 0.6) is 0 Å². The van der Waals surface area contributed by atoms with Gasteiger partial charge in [-0.3, -0.25) is 0 Å². The standard InChI is InChI=1S/C17H26N2O2/c1-2-21-17(20)16(18-15-9-5-3-6-10-15)11-14-19-12-7-4-8-13-19/h3,5-6,9-10,16,18H,2,4,7-8,11-14H2,1H3. The second-order valence-electron chi connectivity index (χ2n) is 5.51. The minimum atomic E-state index is -0.269. The summed E-state index contributed by atoms with van der Waals surface area (Å²) in [5, 5.41) is 3.30. The van der Waals surface area contributed by atoms with Gasteiger partial charge >= 0.3 is 5.97 Å². The largest absolute Gasteiger partial charge is 0.464 e. The molecule has 1 aromatic rings. The lowest BCUT2D eigenvalue weighted by molar-refractivity contribution is -0.144. The fourth-order valence-corrected chi connectivity index (χ4v) is 2.72. The normalized spacial score (nSPS) is 17.2. The smallest absolute Gasteiger partial charge is 0.328 e. The molecule has 1 aromatic carbocycles. The number of hydrogen-bond donors (Lipinski definition) is 1. The molecule has 0 radical (unpaired) electrons. The van der Waals surface area contributed by atoms with E-state index >= 15 is 0 Å². The molecule has 0 amide bonds. The van der Waals surface area contributed by atoms with E-state index in [0.717, 1.165) is 31.7 Å². The van der Waals surface area contributed by atoms with Crippen molar-refractivity contribution >= 4 is 11.7 Å². The lowest BCUT2D eigenvalue weighted by Crippen LogP contribution is -2.38. The van der Waals surface area contributed by atoms with E-state index in [4.69, 9.17) is 4.74 Å². The van der Waals surface area contributed by atoms with Crippen LogP contribution in [0.3, 0.4) is 0 Å². The summed E-state index contributed by atoms with van der Waals surface area (Å²) in [6, 6.07) is 9.59. The topological polar surface area (TPSA) is 41.6 Å². The Labute approximate surface area is 127 Å². The Balaban J connectivity index is 1.89. The number of carbonyl (C=O) groups is 1. The number of nitrogens with one attached hydrogen (secondary N) is 1. The SMILES string of the molecule is CCOC(=O)C(CCN1CCCCC1)Nc1ccccc1. The lowest BCUT2D eigenvalue weighted by Gasteiger charge is -2.28. The highest BCUT2D eigenvalue weighted by Crippen LogP contribution is 2.13. The van der Waals surface area contributed by atoms with Crippen LogP contribution in [0.1, 0.15) is 32.6 Å². The van der Waals surface area contributed by atoms with Crippen LogP contribution in [-0.4, -0.2) is 43.2 Å². The van der Waals surface area contributed by atoms with Crippen molar-refractivity contribution in [3.8, 4) is 0 Å². The third-order valence-corrected chi connectivity index (χ3v) is 3.87. The summed E-state index contributed by atoms with van der Waals surface area (Å²) in [4.78, 5) is 14.6. The molecule has 4 heteroatoms. The average molecular weight is 290 g/mol. The van der Waals surface area contributed by atoms with E-state index in [0.29, 0.717) is 6.61 Å². The summed E-state index contributed by atoms with van der Waals surface area (Å²) >= 11 is 0. The van der Waals surface area contributed by atoms with E-state index in [9.17, 15) is 4.79 Å². The molecule has 1 aliphatic heterocycles. The van der Waals surface area contributed by atoms with Gasteiger partial charge in [-0.25, -0.2) is 4.79 Å². The Hall–Kier alpha value is -1.55. The minimum absolute atomic E-state index is 0.154. The van der Waals surface area contributed by atoms with E-state index in [1.807, 2.05) is 37.3 Å². The van der Waals surface area contributed by atoms with Gasteiger partial charge in [0.2, 0.25) is 0 Å². The maximum absolute atomic E-state index is 12.1. The number of esters is 1. The zero-order valence-corrected chi connectivity index (χ0v) is 12.9. The number of rotatable bonds is 7. The van der Waals surface area contributed by atoms with Gasteiger partial charge in [0.25, 0.3) is 0 Å². The van der Waals surface area contributed by atoms with Crippen LogP contribution in [0.2, 0.25) is 0 Å². The molecule has 4 nitrogen and oxygen atoms in total. The van der Waals surface area contributed by atoms with Gasteiger partial charge in [-0.15, -0.1) is 0 Å². The molecule has 0 aromatic heterocycles. The van der Waals surface area contributed by atoms with Crippen molar-refractivity contribution in [3.05, 3.63) is 30.3 Å². The Morgan fingerprint density at radius 3 is 2.62 bits per heavy atom. The fraction of sp³-hybridized carbons (Fsp3) is 0.588. The molecule has 1 N–H and O–H groups in total. The molecule has 1 saturated heterocycles. The Bertz CT molecular complexity index is 416. The summed E-state index contributed by atoms with van der Waals surface area (Å²) in [5.41, 5.74) is 0.967. The highest BCUT2D eigenvalue weighted by atomic mass is 16.5. The number of likely N-dealkylation sites (tertiary alicyclic amines) is 1. The second kappa shape index (κ2) is 8.67. The maximum Gasteiger partial charge on any atom is 0.328 e. The number of nitrogens with zero attached hydrogens (tertiary/aromatic N) is 1. The highest BCUT2D eigenvalue weighted by Gasteiger charge is 2.21. The lowest BCUT2D eigenvalue weighted by atomic mass is 10.1. The third kappa shape index (κ3) is 5.38. The molecule has 116 valence electrons. The van der Waals surface area contributed by atoms with E-state index in [2.05, 4.69) is 10.2 Å². The van der Waals surface area contributed by atoms with Crippen LogP contribution < -0.4 is 5.32 Å².